The van der Waals surface area contributed by atoms with Gasteiger partial charge in [-0.3, -0.25) is 0 Å². The second kappa shape index (κ2) is 7.25. The van der Waals surface area contributed by atoms with Crippen LogP contribution in [0.4, 0.5) is 0 Å². The number of aromatic hydroxyl groups is 1. The summed E-state index contributed by atoms with van der Waals surface area (Å²) in [7, 11) is 1.55. The Morgan fingerprint density at radius 3 is 2.21 bits per heavy atom. The van der Waals surface area contributed by atoms with Crippen molar-refractivity contribution in [2.24, 2.45) is 0 Å². The minimum absolute atomic E-state index is 0.199. The Bertz CT molecular complexity index is 256. The van der Waals surface area contributed by atoms with E-state index in [0.29, 0.717) is 5.75 Å². The van der Waals surface area contributed by atoms with Gasteiger partial charge in [-0.1, -0.05) is 33.3 Å². The summed E-state index contributed by atoms with van der Waals surface area (Å²) in [5.74, 6) is 0.744. The molecule has 2 heteroatoms. The first kappa shape index (κ1) is 12.8. The minimum Gasteiger partial charge on any atom is -0.504 e. The van der Waals surface area contributed by atoms with E-state index in [-0.39, 0.29) is 5.75 Å². The smallest absolute Gasteiger partial charge is 0.160 e. The molecule has 0 atom stereocenters. The third-order valence-corrected chi connectivity index (χ3v) is 1.65. The number of hydrogen-bond acceptors (Lipinski definition) is 2. The number of benzene rings is 1. The molecule has 0 bridgehead atoms. The van der Waals surface area contributed by atoms with Gasteiger partial charge in [0.15, 0.2) is 11.5 Å². The molecule has 0 radical (unpaired) electrons. The zero-order valence-corrected chi connectivity index (χ0v) is 9.50. The van der Waals surface area contributed by atoms with Crippen molar-refractivity contribution in [3.05, 3.63) is 23.8 Å². The van der Waals surface area contributed by atoms with E-state index in [1.165, 1.54) is 12.0 Å². The Hall–Kier alpha value is -1.18. The summed E-state index contributed by atoms with van der Waals surface area (Å²) in [6, 6.07) is 5.38. The fourth-order valence-electron chi connectivity index (χ4n) is 0.942. The molecule has 0 amide bonds. The number of aryl methyl sites for hydroxylation is 1. The molecular weight excluding hydrogens is 176 g/mol. The van der Waals surface area contributed by atoms with Gasteiger partial charge in [0, 0.05) is 0 Å². The highest BCUT2D eigenvalue weighted by Gasteiger charge is 1.99. The molecule has 1 N–H and O–H groups in total. The molecule has 0 heterocycles. The SMILES string of the molecule is CCC.CCc1ccc(O)c(OC)c1. The lowest BCUT2D eigenvalue weighted by molar-refractivity contribution is 0.373. The molecular formula is C12H20O2. The summed E-state index contributed by atoms with van der Waals surface area (Å²) in [5, 5.41) is 9.21. The quantitative estimate of drug-likeness (QED) is 0.785. The maximum Gasteiger partial charge on any atom is 0.160 e. The van der Waals surface area contributed by atoms with Gasteiger partial charge in [-0.2, -0.15) is 0 Å². The highest BCUT2D eigenvalue weighted by Crippen LogP contribution is 2.26. The van der Waals surface area contributed by atoms with Crippen LogP contribution in [-0.4, -0.2) is 12.2 Å². The monoisotopic (exact) mass is 196 g/mol. The van der Waals surface area contributed by atoms with Gasteiger partial charge in [-0.25, -0.2) is 0 Å². The van der Waals surface area contributed by atoms with Crippen LogP contribution in [0, 0.1) is 0 Å². The average molecular weight is 196 g/mol. The van der Waals surface area contributed by atoms with Crippen molar-refractivity contribution in [1.82, 2.24) is 0 Å². The van der Waals surface area contributed by atoms with Gasteiger partial charge >= 0.3 is 0 Å². The van der Waals surface area contributed by atoms with Gasteiger partial charge in [0.1, 0.15) is 0 Å². The predicted octanol–water partition coefficient (Wildman–Crippen LogP) is 3.38. The molecule has 1 rings (SSSR count). The van der Waals surface area contributed by atoms with Gasteiger partial charge in [-0.15, -0.1) is 0 Å². The number of phenols is 1. The summed E-state index contributed by atoms with van der Waals surface area (Å²) in [5.41, 5.74) is 1.17. The van der Waals surface area contributed by atoms with Crippen LogP contribution in [-0.2, 0) is 6.42 Å². The first-order valence-electron chi connectivity index (χ1n) is 5.05. The number of rotatable bonds is 2. The van der Waals surface area contributed by atoms with Crippen LogP contribution in [0.1, 0.15) is 32.8 Å². The average Bonchev–Trinajstić information content (AvgIpc) is 2.20. The van der Waals surface area contributed by atoms with E-state index < -0.39 is 0 Å². The summed E-state index contributed by atoms with van der Waals surface area (Å²) >= 11 is 0. The van der Waals surface area contributed by atoms with Gasteiger partial charge in [-0.05, 0) is 24.1 Å². The van der Waals surface area contributed by atoms with Gasteiger partial charge in [0.2, 0.25) is 0 Å². The molecule has 1 aromatic rings. The predicted molar refractivity (Wildman–Crippen MR) is 60.0 cm³/mol. The number of phenolic OH excluding ortho intramolecular Hbond substituents is 1. The molecule has 0 fully saturated rings. The highest BCUT2D eigenvalue weighted by molar-refractivity contribution is 5.41. The molecule has 0 spiro atoms. The zero-order valence-electron chi connectivity index (χ0n) is 9.50. The van der Waals surface area contributed by atoms with E-state index >= 15 is 0 Å². The Labute approximate surface area is 86.5 Å². The van der Waals surface area contributed by atoms with E-state index in [1.54, 1.807) is 13.2 Å². The van der Waals surface area contributed by atoms with Crippen molar-refractivity contribution in [1.29, 1.82) is 0 Å². The molecule has 14 heavy (non-hydrogen) atoms. The second-order valence-corrected chi connectivity index (χ2v) is 3.07. The molecule has 0 aliphatic carbocycles. The fourth-order valence-corrected chi connectivity index (χ4v) is 0.942. The summed E-state index contributed by atoms with van der Waals surface area (Å²) in [4.78, 5) is 0. The number of ether oxygens (including phenoxy) is 1. The standard InChI is InChI=1S/C9H12O2.C3H8/c1-3-7-4-5-8(10)9(6-7)11-2;1-3-2/h4-6,10H,3H2,1-2H3;3H2,1-2H3. The maximum absolute atomic E-state index is 9.21. The number of methoxy groups -OCH3 is 1. The van der Waals surface area contributed by atoms with Crippen LogP contribution < -0.4 is 4.74 Å². The van der Waals surface area contributed by atoms with Crippen molar-refractivity contribution in [2.75, 3.05) is 7.11 Å². The van der Waals surface area contributed by atoms with Crippen LogP contribution in [0.3, 0.4) is 0 Å². The van der Waals surface area contributed by atoms with E-state index in [9.17, 15) is 5.11 Å². The Balaban J connectivity index is 0.000000500. The molecule has 0 saturated heterocycles. The lowest BCUT2D eigenvalue weighted by atomic mass is 10.1. The Morgan fingerprint density at radius 2 is 1.79 bits per heavy atom. The highest BCUT2D eigenvalue weighted by atomic mass is 16.5. The van der Waals surface area contributed by atoms with Crippen molar-refractivity contribution in [2.45, 2.75) is 33.6 Å². The first-order valence-corrected chi connectivity index (χ1v) is 5.05. The number of hydrogen-bond donors (Lipinski definition) is 1. The van der Waals surface area contributed by atoms with Crippen molar-refractivity contribution in [3.63, 3.8) is 0 Å². The summed E-state index contributed by atoms with van der Waals surface area (Å²) in [6.45, 7) is 6.31. The molecule has 0 saturated carbocycles. The normalized spacial score (nSPS) is 8.86. The van der Waals surface area contributed by atoms with E-state index in [0.717, 1.165) is 6.42 Å². The van der Waals surface area contributed by atoms with Crippen LogP contribution in [0.5, 0.6) is 11.5 Å². The molecule has 80 valence electrons. The third kappa shape index (κ3) is 4.17. The molecule has 0 aromatic heterocycles. The van der Waals surface area contributed by atoms with Gasteiger partial charge in [0.25, 0.3) is 0 Å². The molecule has 0 aliphatic heterocycles. The molecule has 0 unspecified atom stereocenters. The third-order valence-electron chi connectivity index (χ3n) is 1.65. The van der Waals surface area contributed by atoms with Crippen LogP contribution in [0.25, 0.3) is 0 Å². The Kier molecular flexibility index (Phi) is 6.63. The van der Waals surface area contributed by atoms with E-state index in [1.807, 2.05) is 12.1 Å². The summed E-state index contributed by atoms with van der Waals surface area (Å²) in [6.07, 6.45) is 2.20. The van der Waals surface area contributed by atoms with Crippen LogP contribution in [0.15, 0.2) is 18.2 Å². The van der Waals surface area contributed by atoms with Crippen molar-refractivity contribution < 1.29 is 9.84 Å². The van der Waals surface area contributed by atoms with Crippen LogP contribution in [0.2, 0.25) is 0 Å². The topological polar surface area (TPSA) is 29.5 Å². The Morgan fingerprint density at radius 1 is 1.21 bits per heavy atom. The summed E-state index contributed by atoms with van der Waals surface area (Å²) < 4.78 is 4.94. The molecule has 2 nitrogen and oxygen atoms in total. The lowest BCUT2D eigenvalue weighted by Crippen LogP contribution is -1.86. The lowest BCUT2D eigenvalue weighted by Gasteiger charge is -2.03. The molecule has 1 aromatic carbocycles. The largest absolute Gasteiger partial charge is 0.504 e. The van der Waals surface area contributed by atoms with Crippen molar-refractivity contribution >= 4 is 0 Å². The van der Waals surface area contributed by atoms with E-state index in [2.05, 4.69) is 20.8 Å². The fraction of sp³-hybridized carbons (Fsp3) is 0.500. The zero-order chi connectivity index (χ0) is 11.0. The minimum atomic E-state index is 0.199. The van der Waals surface area contributed by atoms with Gasteiger partial charge < -0.3 is 9.84 Å². The van der Waals surface area contributed by atoms with E-state index in [4.69, 9.17) is 4.74 Å². The van der Waals surface area contributed by atoms with Gasteiger partial charge in [0.05, 0.1) is 7.11 Å². The maximum atomic E-state index is 9.21. The van der Waals surface area contributed by atoms with Crippen molar-refractivity contribution in [3.8, 4) is 11.5 Å². The second-order valence-electron chi connectivity index (χ2n) is 3.07. The van der Waals surface area contributed by atoms with Crippen LogP contribution >= 0.6 is 0 Å². The first-order chi connectivity index (χ1) is 6.69. The molecule has 0 aliphatic rings.